The summed E-state index contributed by atoms with van der Waals surface area (Å²) in [6.45, 7) is 7.21. The van der Waals surface area contributed by atoms with Crippen LogP contribution in [0.4, 0.5) is 15.9 Å². The van der Waals surface area contributed by atoms with E-state index >= 15 is 0 Å². The second kappa shape index (κ2) is 8.82. The smallest absolute Gasteiger partial charge is 0.162 e. The number of methoxy groups -OCH3 is 1. The van der Waals surface area contributed by atoms with Gasteiger partial charge in [-0.25, -0.2) is 14.4 Å². The van der Waals surface area contributed by atoms with Crippen LogP contribution in [0.1, 0.15) is 33.6 Å². The molecule has 29 heavy (non-hydrogen) atoms. The number of ether oxygens (including phenoxy) is 2. The van der Waals surface area contributed by atoms with Crippen molar-refractivity contribution >= 4 is 34.0 Å². The monoisotopic (exact) mass is 417 g/mol. The van der Waals surface area contributed by atoms with E-state index in [0.29, 0.717) is 35.1 Å². The number of anilines is 2. The second-order valence-electron chi connectivity index (χ2n) is 8.01. The zero-order chi connectivity index (χ0) is 21.0. The fourth-order valence-electron chi connectivity index (χ4n) is 2.93. The molecule has 0 saturated heterocycles. The highest BCUT2D eigenvalue weighted by Gasteiger charge is 2.14. The van der Waals surface area contributed by atoms with Crippen molar-refractivity contribution in [2.75, 3.05) is 19.0 Å². The van der Waals surface area contributed by atoms with Crippen LogP contribution in [0.25, 0.3) is 10.9 Å². The van der Waals surface area contributed by atoms with Crippen molar-refractivity contribution in [2.24, 2.45) is 5.41 Å². The number of fused-ring (bicyclic) bond motifs is 1. The summed E-state index contributed by atoms with van der Waals surface area (Å²) in [5.41, 5.74) is 1.59. The molecule has 1 aromatic heterocycles. The van der Waals surface area contributed by atoms with E-state index in [9.17, 15) is 4.39 Å². The number of benzene rings is 2. The Morgan fingerprint density at radius 1 is 1.10 bits per heavy atom. The van der Waals surface area contributed by atoms with Crippen LogP contribution in [-0.2, 0) is 0 Å². The van der Waals surface area contributed by atoms with Crippen LogP contribution in [0.5, 0.6) is 11.5 Å². The summed E-state index contributed by atoms with van der Waals surface area (Å²) in [4.78, 5) is 8.65. The predicted molar refractivity (Wildman–Crippen MR) is 115 cm³/mol. The zero-order valence-electron chi connectivity index (χ0n) is 17.1. The summed E-state index contributed by atoms with van der Waals surface area (Å²) in [6, 6.07) is 8.10. The van der Waals surface area contributed by atoms with Gasteiger partial charge in [0.1, 0.15) is 18.0 Å². The number of nitrogens with one attached hydrogen (secondary N) is 1. The van der Waals surface area contributed by atoms with Gasteiger partial charge in [0, 0.05) is 17.1 Å². The highest BCUT2D eigenvalue weighted by molar-refractivity contribution is 6.31. The second-order valence-corrected chi connectivity index (χ2v) is 8.42. The van der Waals surface area contributed by atoms with Crippen molar-refractivity contribution in [1.29, 1.82) is 0 Å². The molecule has 0 aliphatic carbocycles. The third kappa shape index (κ3) is 5.48. The highest BCUT2D eigenvalue weighted by Crippen LogP contribution is 2.35. The van der Waals surface area contributed by atoms with Gasteiger partial charge in [0.15, 0.2) is 11.5 Å². The normalized spacial score (nSPS) is 11.5. The van der Waals surface area contributed by atoms with Gasteiger partial charge in [0.2, 0.25) is 0 Å². The number of rotatable bonds is 7. The molecule has 0 atom stereocenters. The van der Waals surface area contributed by atoms with Crippen LogP contribution in [0.2, 0.25) is 5.02 Å². The standard InChI is InChI=1S/C22H25ClFN3O2/c1-22(2,3)8-5-9-29-20-11-15-18(12-19(20)28-4)25-13-26-21(15)27-14-6-7-17(24)16(23)10-14/h6-7,10-13H,5,8-9H2,1-4H3,(H,25,26,27). The van der Waals surface area contributed by atoms with Crippen LogP contribution < -0.4 is 14.8 Å². The molecule has 154 valence electrons. The SMILES string of the molecule is COc1cc2ncnc(Nc3ccc(F)c(Cl)c3)c2cc1OCCCC(C)(C)C. The minimum atomic E-state index is -0.472. The van der Waals surface area contributed by atoms with Crippen LogP contribution >= 0.6 is 11.6 Å². The maximum absolute atomic E-state index is 13.4. The highest BCUT2D eigenvalue weighted by atomic mass is 35.5. The lowest BCUT2D eigenvalue weighted by atomic mass is 9.91. The Morgan fingerprint density at radius 3 is 2.59 bits per heavy atom. The minimum absolute atomic E-state index is 0.0397. The molecule has 0 aliphatic heterocycles. The summed E-state index contributed by atoms with van der Waals surface area (Å²) in [6.07, 6.45) is 3.46. The number of hydrogen-bond acceptors (Lipinski definition) is 5. The van der Waals surface area contributed by atoms with E-state index in [1.807, 2.05) is 12.1 Å². The molecule has 3 rings (SSSR count). The Hall–Kier alpha value is -2.60. The van der Waals surface area contributed by atoms with Gasteiger partial charge < -0.3 is 14.8 Å². The molecule has 1 heterocycles. The van der Waals surface area contributed by atoms with Crippen molar-refractivity contribution in [3.05, 3.63) is 47.5 Å². The van der Waals surface area contributed by atoms with Gasteiger partial charge in [0.05, 0.1) is 24.3 Å². The first-order chi connectivity index (χ1) is 13.8. The first kappa shape index (κ1) is 21.1. The van der Waals surface area contributed by atoms with E-state index in [1.54, 1.807) is 13.2 Å². The van der Waals surface area contributed by atoms with E-state index in [1.165, 1.54) is 18.5 Å². The molecule has 0 saturated carbocycles. The van der Waals surface area contributed by atoms with Crippen molar-refractivity contribution in [3.8, 4) is 11.5 Å². The fourth-order valence-corrected chi connectivity index (χ4v) is 3.11. The number of aromatic nitrogens is 2. The average Bonchev–Trinajstić information content (AvgIpc) is 2.67. The maximum atomic E-state index is 13.4. The Labute approximate surface area is 175 Å². The van der Waals surface area contributed by atoms with Gasteiger partial charge in [-0.05, 0) is 42.5 Å². The molecule has 5 nitrogen and oxygen atoms in total. The summed E-state index contributed by atoms with van der Waals surface area (Å²) in [5, 5.41) is 3.97. The topological polar surface area (TPSA) is 56.3 Å². The Bertz CT molecular complexity index is 1010. The zero-order valence-corrected chi connectivity index (χ0v) is 17.8. The van der Waals surface area contributed by atoms with Crippen LogP contribution in [-0.4, -0.2) is 23.7 Å². The lowest BCUT2D eigenvalue weighted by molar-refractivity contribution is 0.258. The Balaban J connectivity index is 1.88. The quantitative estimate of drug-likeness (QED) is 0.452. The lowest BCUT2D eigenvalue weighted by Gasteiger charge is -2.18. The van der Waals surface area contributed by atoms with Crippen molar-refractivity contribution in [3.63, 3.8) is 0 Å². The van der Waals surface area contributed by atoms with Crippen LogP contribution in [0.15, 0.2) is 36.7 Å². The van der Waals surface area contributed by atoms with Crippen molar-refractivity contribution in [2.45, 2.75) is 33.6 Å². The van der Waals surface area contributed by atoms with E-state index in [-0.39, 0.29) is 10.4 Å². The molecule has 0 amide bonds. The first-order valence-corrected chi connectivity index (χ1v) is 9.82. The van der Waals surface area contributed by atoms with E-state index in [4.69, 9.17) is 21.1 Å². The van der Waals surface area contributed by atoms with Gasteiger partial charge in [-0.15, -0.1) is 0 Å². The number of nitrogens with zero attached hydrogens (tertiary/aromatic N) is 2. The third-order valence-electron chi connectivity index (χ3n) is 4.43. The summed E-state index contributed by atoms with van der Waals surface area (Å²) in [5.74, 6) is 1.34. The van der Waals surface area contributed by atoms with E-state index in [2.05, 4.69) is 36.1 Å². The maximum Gasteiger partial charge on any atom is 0.162 e. The molecule has 2 aromatic carbocycles. The number of hydrogen-bond donors (Lipinski definition) is 1. The third-order valence-corrected chi connectivity index (χ3v) is 4.72. The molecule has 0 fully saturated rings. The summed E-state index contributed by atoms with van der Waals surface area (Å²) in [7, 11) is 1.60. The number of halogens is 2. The van der Waals surface area contributed by atoms with Crippen LogP contribution in [0, 0.1) is 11.2 Å². The summed E-state index contributed by atoms with van der Waals surface area (Å²) < 4.78 is 24.9. The van der Waals surface area contributed by atoms with Crippen molar-refractivity contribution in [1.82, 2.24) is 9.97 Å². The average molecular weight is 418 g/mol. The fraction of sp³-hybridized carbons (Fsp3) is 0.364. The van der Waals surface area contributed by atoms with Crippen LogP contribution in [0.3, 0.4) is 0 Å². The molecule has 1 N–H and O–H groups in total. The molecule has 0 bridgehead atoms. The molecule has 7 heteroatoms. The van der Waals surface area contributed by atoms with Gasteiger partial charge >= 0.3 is 0 Å². The van der Waals surface area contributed by atoms with Gasteiger partial charge in [-0.2, -0.15) is 0 Å². The van der Waals surface area contributed by atoms with Gasteiger partial charge in [0.25, 0.3) is 0 Å². The van der Waals surface area contributed by atoms with E-state index in [0.717, 1.165) is 18.2 Å². The Kier molecular flexibility index (Phi) is 6.42. The molecule has 3 aromatic rings. The first-order valence-electron chi connectivity index (χ1n) is 9.44. The molecule has 0 aliphatic rings. The molecular weight excluding hydrogens is 393 g/mol. The van der Waals surface area contributed by atoms with E-state index < -0.39 is 5.82 Å². The van der Waals surface area contributed by atoms with Gasteiger partial charge in [-0.3, -0.25) is 0 Å². The minimum Gasteiger partial charge on any atom is -0.493 e. The molecule has 0 spiro atoms. The predicted octanol–water partition coefficient (Wildman–Crippen LogP) is 6.38. The van der Waals surface area contributed by atoms with Crippen molar-refractivity contribution < 1.29 is 13.9 Å². The molecule has 0 radical (unpaired) electrons. The van der Waals surface area contributed by atoms with Gasteiger partial charge in [-0.1, -0.05) is 32.4 Å². The Morgan fingerprint density at radius 2 is 1.90 bits per heavy atom. The summed E-state index contributed by atoms with van der Waals surface area (Å²) >= 11 is 5.88. The largest absolute Gasteiger partial charge is 0.493 e. The molecular formula is C22H25ClFN3O2. The lowest BCUT2D eigenvalue weighted by Crippen LogP contribution is -2.08. The molecule has 0 unspecified atom stereocenters.